The first-order valence-corrected chi connectivity index (χ1v) is 4.57. The summed E-state index contributed by atoms with van der Waals surface area (Å²) in [6.45, 7) is 0. The molecule has 0 bridgehead atoms. The van der Waals surface area contributed by atoms with Crippen LogP contribution in [-0.4, -0.2) is 11.1 Å². The highest BCUT2D eigenvalue weighted by Gasteiger charge is 2.40. The lowest BCUT2D eigenvalue weighted by atomic mass is 9.92. The van der Waals surface area contributed by atoms with Gasteiger partial charge in [-0.1, -0.05) is 36.4 Å². The Hall–Kier alpha value is -2.03. The van der Waals surface area contributed by atoms with Crippen molar-refractivity contribution in [3.63, 3.8) is 0 Å². The number of allylic oxidation sites excluding steroid dienone is 2. The maximum absolute atomic E-state index is 11.3. The van der Waals surface area contributed by atoms with Gasteiger partial charge < -0.3 is 9.84 Å². The standard InChI is InChI=1S/C12H10O3/c13-11(14)12(8-4-5-9-15-12)10-6-2-1-3-7-10/h1-9H,(H,13,14). The van der Waals surface area contributed by atoms with E-state index in [1.54, 1.807) is 36.4 Å². The Balaban J connectivity index is 2.49. The van der Waals surface area contributed by atoms with Crippen LogP contribution in [0.15, 0.2) is 54.8 Å². The third-order valence-corrected chi connectivity index (χ3v) is 2.29. The summed E-state index contributed by atoms with van der Waals surface area (Å²) >= 11 is 0. The van der Waals surface area contributed by atoms with E-state index < -0.39 is 11.6 Å². The van der Waals surface area contributed by atoms with Crippen LogP contribution in [0.5, 0.6) is 0 Å². The second-order valence-electron chi connectivity index (χ2n) is 3.21. The minimum Gasteiger partial charge on any atom is -0.478 e. The summed E-state index contributed by atoms with van der Waals surface area (Å²) in [6.07, 6.45) is 6.25. The van der Waals surface area contributed by atoms with Gasteiger partial charge in [0.2, 0.25) is 5.60 Å². The van der Waals surface area contributed by atoms with E-state index in [-0.39, 0.29) is 0 Å². The molecule has 0 fully saturated rings. The third-order valence-electron chi connectivity index (χ3n) is 2.29. The van der Waals surface area contributed by atoms with E-state index in [9.17, 15) is 9.90 Å². The highest BCUT2D eigenvalue weighted by molar-refractivity contribution is 5.82. The van der Waals surface area contributed by atoms with Gasteiger partial charge >= 0.3 is 5.97 Å². The number of hydrogen-bond donors (Lipinski definition) is 1. The minimum absolute atomic E-state index is 0.609. The molecule has 1 aliphatic heterocycles. The van der Waals surface area contributed by atoms with Crippen molar-refractivity contribution in [2.75, 3.05) is 0 Å². The lowest BCUT2D eigenvalue weighted by molar-refractivity contribution is -0.155. The first kappa shape index (κ1) is 9.52. The molecule has 3 nitrogen and oxygen atoms in total. The number of carboxylic acids is 1. The predicted octanol–water partition coefficient (Wildman–Crippen LogP) is 2.07. The minimum atomic E-state index is -1.38. The Bertz CT molecular complexity index is 420. The lowest BCUT2D eigenvalue weighted by Gasteiger charge is -2.27. The largest absolute Gasteiger partial charge is 0.478 e. The fourth-order valence-electron chi connectivity index (χ4n) is 1.52. The SMILES string of the molecule is O=C(O)C1(c2ccccc2)C=CC=CO1. The number of benzene rings is 1. The summed E-state index contributed by atoms with van der Waals surface area (Å²) in [5, 5.41) is 9.23. The fourth-order valence-corrected chi connectivity index (χ4v) is 1.52. The van der Waals surface area contributed by atoms with Crippen LogP contribution in [0.25, 0.3) is 0 Å². The Morgan fingerprint density at radius 2 is 1.93 bits per heavy atom. The average Bonchev–Trinajstić information content (AvgIpc) is 2.31. The zero-order chi connectivity index (χ0) is 10.7. The van der Waals surface area contributed by atoms with Crippen LogP contribution in [0.4, 0.5) is 0 Å². The normalized spacial score (nSPS) is 23.5. The van der Waals surface area contributed by atoms with Gasteiger partial charge in [0.1, 0.15) is 0 Å². The van der Waals surface area contributed by atoms with Gasteiger partial charge in [-0.3, -0.25) is 0 Å². The quantitative estimate of drug-likeness (QED) is 0.798. The second-order valence-corrected chi connectivity index (χ2v) is 3.21. The Morgan fingerprint density at radius 1 is 1.20 bits per heavy atom. The molecule has 0 aliphatic carbocycles. The summed E-state index contributed by atoms with van der Waals surface area (Å²) < 4.78 is 5.25. The van der Waals surface area contributed by atoms with E-state index in [2.05, 4.69) is 0 Å². The summed E-state index contributed by atoms with van der Waals surface area (Å²) in [6, 6.07) is 8.88. The molecule has 0 saturated heterocycles. The molecule has 1 N–H and O–H groups in total. The maximum atomic E-state index is 11.3. The van der Waals surface area contributed by atoms with Gasteiger partial charge in [-0.2, -0.15) is 0 Å². The molecule has 1 heterocycles. The van der Waals surface area contributed by atoms with E-state index in [4.69, 9.17) is 4.74 Å². The number of ether oxygens (including phenoxy) is 1. The van der Waals surface area contributed by atoms with Crippen molar-refractivity contribution < 1.29 is 14.6 Å². The number of carbonyl (C=O) groups is 1. The topological polar surface area (TPSA) is 46.5 Å². The first-order chi connectivity index (χ1) is 7.26. The van der Waals surface area contributed by atoms with Crippen molar-refractivity contribution in [1.82, 2.24) is 0 Å². The first-order valence-electron chi connectivity index (χ1n) is 4.57. The van der Waals surface area contributed by atoms with Gasteiger partial charge in [0.15, 0.2) is 0 Å². The molecule has 1 aliphatic rings. The highest BCUT2D eigenvalue weighted by atomic mass is 16.5. The van der Waals surface area contributed by atoms with Crippen LogP contribution >= 0.6 is 0 Å². The van der Waals surface area contributed by atoms with Crippen LogP contribution in [0, 0.1) is 0 Å². The molecule has 1 unspecified atom stereocenters. The molecular weight excluding hydrogens is 192 g/mol. The van der Waals surface area contributed by atoms with Crippen molar-refractivity contribution in [2.45, 2.75) is 5.60 Å². The molecule has 0 radical (unpaired) electrons. The molecule has 76 valence electrons. The Morgan fingerprint density at radius 3 is 2.47 bits per heavy atom. The van der Waals surface area contributed by atoms with E-state index in [0.29, 0.717) is 5.56 Å². The molecule has 0 saturated carbocycles. The summed E-state index contributed by atoms with van der Waals surface area (Å²) in [5.74, 6) is -1.02. The van der Waals surface area contributed by atoms with Gasteiger partial charge in [-0.25, -0.2) is 4.79 Å². The van der Waals surface area contributed by atoms with Crippen LogP contribution in [0.1, 0.15) is 5.56 Å². The monoisotopic (exact) mass is 202 g/mol. The molecule has 1 aromatic rings. The molecule has 1 atom stereocenters. The van der Waals surface area contributed by atoms with Crippen LogP contribution in [0.3, 0.4) is 0 Å². The van der Waals surface area contributed by atoms with Crippen molar-refractivity contribution in [3.05, 3.63) is 60.4 Å². The fraction of sp³-hybridized carbons (Fsp3) is 0.0833. The lowest BCUT2D eigenvalue weighted by Crippen LogP contribution is -2.36. The smallest absolute Gasteiger partial charge is 0.357 e. The molecule has 3 heteroatoms. The molecule has 2 rings (SSSR count). The van der Waals surface area contributed by atoms with E-state index in [1.807, 2.05) is 6.07 Å². The maximum Gasteiger partial charge on any atom is 0.357 e. The number of carboxylic acid groups (broad SMARTS) is 1. The predicted molar refractivity (Wildman–Crippen MR) is 55.1 cm³/mol. The number of hydrogen-bond acceptors (Lipinski definition) is 2. The molecule has 1 aromatic carbocycles. The Labute approximate surface area is 87.3 Å². The summed E-state index contributed by atoms with van der Waals surface area (Å²) in [7, 11) is 0. The highest BCUT2D eigenvalue weighted by Crippen LogP contribution is 2.30. The average molecular weight is 202 g/mol. The van der Waals surface area contributed by atoms with E-state index in [1.165, 1.54) is 12.3 Å². The van der Waals surface area contributed by atoms with Gasteiger partial charge in [-0.15, -0.1) is 0 Å². The zero-order valence-corrected chi connectivity index (χ0v) is 7.96. The number of rotatable bonds is 2. The van der Waals surface area contributed by atoms with Crippen molar-refractivity contribution in [1.29, 1.82) is 0 Å². The van der Waals surface area contributed by atoms with E-state index >= 15 is 0 Å². The molecule has 0 amide bonds. The van der Waals surface area contributed by atoms with E-state index in [0.717, 1.165) is 0 Å². The second kappa shape index (κ2) is 3.61. The summed E-state index contributed by atoms with van der Waals surface area (Å²) in [5.41, 5.74) is -0.770. The molecule has 15 heavy (non-hydrogen) atoms. The van der Waals surface area contributed by atoms with Gasteiger partial charge in [0.05, 0.1) is 6.26 Å². The number of aliphatic carboxylic acids is 1. The van der Waals surface area contributed by atoms with Crippen LogP contribution < -0.4 is 0 Å². The van der Waals surface area contributed by atoms with Crippen molar-refractivity contribution in [2.24, 2.45) is 0 Å². The third kappa shape index (κ3) is 1.52. The molecular formula is C12H10O3. The molecule has 0 aromatic heterocycles. The summed E-state index contributed by atoms with van der Waals surface area (Å²) in [4.78, 5) is 11.3. The van der Waals surface area contributed by atoms with Gasteiger partial charge in [0.25, 0.3) is 0 Å². The van der Waals surface area contributed by atoms with Crippen LogP contribution in [0.2, 0.25) is 0 Å². The van der Waals surface area contributed by atoms with Crippen LogP contribution in [-0.2, 0) is 15.1 Å². The van der Waals surface area contributed by atoms with Crippen molar-refractivity contribution >= 4 is 5.97 Å². The Kier molecular flexibility index (Phi) is 2.29. The van der Waals surface area contributed by atoms with Crippen molar-refractivity contribution in [3.8, 4) is 0 Å². The van der Waals surface area contributed by atoms with Gasteiger partial charge in [-0.05, 0) is 12.2 Å². The molecule has 0 spiro atoms. The zero-order valence-electron chi connectivity index (χ0n) is 7.96. The van der Waals surface area contributed by atoms with Gasteiger partial charge in [0, 0.05) is 5.56 Å².